The van der Waals surface area contributed by atoms with Gasteiger partial charge in [-0.25, -0.2) is 0 Å². The predicted octanol–water partition coefficient (Wildman–Crippen LogP) is 5.46. The van der Waals surface area contributed by atoms with Gasteiger partial charge in [-0.05, 0) is 31.4 Å². The molecule has 0 aromatic heterocycles. The Labute approximate surface area is 113 Å². The van der Waals surface area contributed by atoms with Gasteiger partial charge in [0.2, 0.25) is 0 Å². The zero-order valence-corrected chi connectivity index (χ0v) is 13.2. The summed E-state index contributed by atoms with van der Waals surface area (Å²) in [6, 6.07) is 12.0. The third kappa shape index (κ3) is 7.28. The summed E-state index contributed by atoms with van der Waals surface area (Å²) < 4.78 is 0. The number of hydrogen-bond donors (Lipinski definition) is 0. The zero-order valence-electron chi connectivity index (χ0n) is 12.2. The number of rotatable bonds is 6. The van der Waals surface area contributed by atoms with Gasteiger partial charge in [0.15, 0.2) is 0 Å². The summed E-state index contributed by atoms with van der Waals surface area (Å²) in [5.41, 5.74) is 2.89. The van der Waals surface area contributed by atoms with Crippen LogP contribution in [0.15, 0.2) is 54.1 Å². The van der Waals surface area contributed by atoms with Crippen molar-refractivity contribution in [3.63, 3.8) is 0 Å². The smallest absolute Gasteiger partial charge is 0.0480 e. The quantitative estimate of drug-likeness (QED) is 0.469. The van der Waals surface area contributed by atoms with Crippen LogP contribution in [0.3, 0.4) is 0 Å². The van der Waals surface area contributed by atoms with Crippen molar-refractivity contribution in [1.29, 1.82) is 0 Å². The second kappa shape index (κ2) is 7.37. The van der Waals surface area contributed by atoms with Gasteiger partial charge in [0.25, 0.3) is 0 Å². The van der Waals surface area contributed by atoms with E-state index in [0.717, 1.165) is 12.8 Å². The maximum atomic E-state index is 2.41. The summed E-state index contributed by atoms with van der Waals surface area (Å²) in [4.78, 5) is 0. The second-order valence-electron chi connectivity index (χ2n) is 6.19. The third-order valence-corrected chi connectivity index (χ3v) is 4.36. The molecule has 0 fully saturated rings. The minimum Gasteiger partial charge on any atom is -0.0872 e. The van der Waals surface area contributed by atoms with Gasteiger partial charge in [0.05, 0.1) is 0 Å². The number of allylic oxidation sites excluding steroid dienone is 4. The Hall–Kier alpha value is -1.08. The van der Waals surface area contributed by atoms with E-state index in [1.165, 1.54) is 17.2 Å². The first-order valence-corrected chi connectivity index (χ1v) is 10.5. The second-order valence-corrected chi connectivity index (χ2v) is 11.7. The van der Waals surface area contributed by atoms with E-state index in [1.54, 1.807) is 0 Å². The minimum absolute atomic E-state index is 0.916. The molecule has 0 aliphatic carbocycles. The molecule has 0 spiro atoms. The fourth-order valence-corrected chi connectivity index (χ4v) is 2.57. The molecule has 0 radical (unpaired) electrons. The lowest BCUT2D eigenvalue weighted by Crippen LogP contribution is -2.17. The average molecular weight is 258 g/mol. The molecule has 0 saturated carbocycles. The van der Waals surface area contributed by atoms with Gasteiger partial charge in [-0.15, -0.1) is 0 Å². The molecular formula is C17H26Si. The normalized spacial score (nSPS) is 13.2. The van der Waals surface area contributed by atoms with Crippen molar-refractivity contribution in [2.75, 3.05) is 0 Å². The molecule has 98 valence electrons. The van der Waals surface area contributed by atoms with Gasteiger partial charge in [-0.3, -0.25) is 0 Å². The zero-order chi connectivity index (χ0) is 13.4. The maximum Gasteiger partial charge on any atom is 0.0480 e. The van der Waals surface area contributed by atoms with Crippen LogP contribution in [0, 0.1) is 0 Å². The van der Waals surface area contributed by atoms with Crippen LogP contribution in [0.25, 0.3) is 0 Å². The van der Waals surface area contributed by atoms with Crippen LogP contribution in [0.4, 0.5) is 0 Å². The molecule has 1 aromatic carbocycles. The summed E-state index contributed by atoms with van der Waals surface area (Å²) in [6.45, 7) is 9.44. The first kappa shape index (κ1) is 15.0. The summed E-state index contributed by atoms with van der Waals surface area (Å²) in [6.07, 6.45) is 9.13. The van der Waals surface area contributed by atoms with Crippen molar-refractivity contribution in [1.82, 2.24) is 0 Å². The summed E-state index contributed by atoms with van der Waals surface area (Å²) >= 11 is 0. The van der Waals surface area contributed by atoms with Crippen molar-refractivity contribution in [2.24, 2.45) is 0 Å². The van der Waals surface area contributed by atoms with E-state index in [0.29, 0.717) is 0 Å². The first-order chi connectivity index (χ1) is 8.47. The van der Waals surface area contributed by atoms with Crippen LogP contribution in [-0.4, -0.2) is 8.07 Å². The highest BCUT2D eigenvalue weighted by molar-refractivity contribution is 6.76. The Morgan fingerprint density at radius 3 is 2.39 bits per heavy atom. The Morgan fingerprint density at radius 1 is 1.11 bits per heavy atom. The van der Waals surface area contributed by atoms with E-state index < -0.39 is 8.07 Å². The van der Waals surface area contributed by atoms with Crippen LogP contribution < -0.4 is 0 Å². The van der Waals surface area contributed by atoms with E-state index in [1.807, 2.05) is 0 Å². The number of aryl methyl sites for hydroxylation is 1. The fraction of sp³-hybridized carbons (Fsp3) is 0.412. The van der Waals surface area contributed by atoms with E-state index >= 15 is 0 Å². The standard InChI is InChI=1S/C17H26Si/c1-16(10-8-9-15-18(2,3)4)13-14-17-11-6-5-7-12-17/h5-12H,13-15H2,1-4H3/b9-8+,16-10+. The molecule has 0 aliphatic heterocycles. The largest absolute Gasteiger partial charge is 0.0872 e. The summed E-state index contributed by atoms with van der Waals surface area (Å²) in [5.74, 6) is 0. The highest BCUT2D eigenvalue weighted by Gasteiger charge is 2.08. The lowest BCUT2D eigenvalue weighted by molar-refractivity contribution is 0.941. The van der Waals surface area contributed by atoms with Gasteiger partial charge in [-0.1, -0.05) is 73.8 Å². The van der Waals surface area contributed by atoms with Crippen LogP contribution in [0.5, 0.6) is 0 Å². The van der Waals surface area contributed by atoms with Gasteiger partial charge < -0.3 is 0 Å². The molecule has 1 heteroatoms. The summed E-state index contributed by atoms with van der Waals surface area (Å²) in [5, 5.41) is 0. The van der Waals surface area contributed by atoms with Crippen molar-refractivity contribution in [2.45, 2.75) is 45.5 Å². The molecule has 0 saturated heterocycles. The van der Waals surface area contributed by atoms with Crippen LogP contribution in [0.2, 0.25) is 25.7 Å². The van der Waals surface area contributed by atoms with Crippen molar-refractivity contribution >= 4 is 8.07 Å². The van der Waals surface area contributed by atoms with Crippen LogP contribution >= 0.6 is 0 Å². The highest BCUT2D eigenvalue weighted by Crippen LogP contribution is 2.11. The van der Waals surface area contributed by atoms with Gasteiger partial charge >= 0.3 is 0 Å². The molecule has 0 aliphatic rings. The van der Waals surface area contributed by atoms with E-state index in [4.69, 9.17) is 0 Å². The molecule has 18 heavy (non-hydrogen) atoms. The lowest BCUT2D eigenvalue weighted by Gasteiger charge is -2.11. The number of hydrogen-bond acceptors (Lipinski definition) is 0. The Balaban J connectivity index is 2.34. The third-order valence-electron chi connectivity index (χ3n) is 2.90. The van der Waals surface area contributed by atoms with E-state index in [2.05, 4.69) is 75.1 Å². The van der Waals surface area contributed by atoms with E-state index in [-0.39, 0.29) is 0 Å². The van der Waals surface area contributed by atoms with Gasteiger partial charge in [0.1, 0.15) is 0 Å². The molecule has 0 amide bonds. The average Bonchev–Trinajstić information content (AvgIpc) is 2.32. The fourth-order valence-electron chi connectivity index (χ4n) is 1.72. The molecule has 0 atom stereocenters. The Morgan fingerprint density at radius 2 is 1.78 bits per heavy atom. The van der Waals surface area contributed by atoms with Crippen LogP contribution in [-0.2, 0) is 6.42 Å². The SMILES string of the molecule is C/C(=C\C=C\C[Si](C)(C)C)CCc1ccccc1. The summed E-state index contributed by atoms with van der Waals surface area (Å²) in [7, 11) is -0.916. The maximum absolute atomic E-state index is 2.41. The minimum atomic E-state index is -0.916. The monoisotopic (exact) mass is 258 g/mol. The molecule has 0 unspecified atom stereocenters. The van der Waals surface area contributed by atoms with Crippen molar-refractivity contribution < 1.29 is 0 Å². The molecule has 1 rings (SSSR count). The van der Waals surface area contributed by atoms with E-state index in [9.17, 15) is 0 Å². The molecule has 0 bridgehead atoms. The Kier molecular flexibility index (Phi) is 6.13. The van der Waals surface area contributed by atoms with Gasteiger partial charge in [-0.2, -0.15) is 0 Å². The highest BCUT2D eigenvalue weighted by atomic mass is 28.3. The molecule has 0 heterocycles. The molecule has 1 aromatic rings. The van der Waals surface area contributed by atoms with Crippen LogP contribution in [0.1, 0.15) is 18.9 Å². The van der Waals surface area contributed by atoms with Crippen molar-refractivity contribution in [3.05, 3.63) is 59.7 Å². The molecule has 0 nitrogen and oxygen atoms in total. The molecular weight excluding hydrogens is 232 g/mol. The Bertz CT molecular complexity index is 393. The topological polar surface area (TPSA) is 0 Å². The van der Waals surface area contributed by atoms with Gasteiger partial charge in [0, 0.05) is 8.07 Å². The predicted molar refractivity (Wildman–Crippen MR) is 85.8 cm³/mol. The lowest BCUT2D eigenvalue weighted by atomic mass is 10.1. The van der Waals surface area contributed by atoms with Crippen molar-refractivity contribution in [3.8, 4) is 0 Å². The molecule has 0 N–H and O–H groups in total. The first-order valence-electron chi connectivity index (χ1n) is 6.83. The number of benzene rings is 1.